The highest BCUT2D eigenvalue weighted by Gasteiger charge is 2.68. The number of fused-ring (bicyclic) bond motifs is 4. The fourth-order valence-corrected chi connectivity index (χ4v) is 8.32. The number of non-ortho nitro benzene ring substituents is 1. The summed E-state index contributed by atoms with van der Waals surface area (Å²) in [5, 5.41) is 22.3. The number of methoxy groups -OCH3 is 1. The van der Waals surface area contributed by atoms with E-state index in [0.717, 1.165) is 15.9 Å². The Bertz CT molecular complexity index is 1950. The summed E-state index contributed by atoms with van der Waals surface area (Å²) in [4.78, 5) is 69.3. The SMILES string of the molecule is COc1cccc([C@H]2C3=CC[C@@H]4C(=O)N(c5ccc([N+](=O)[O-])cc5)C(=O)[C@@H]4[C@@H]3C[C@H]3C(=O)N(c4ccc(F)c(Cl)c4)C(=O)[C@@]23C)c1O. The summed E-state index contributed by atoms with van der Waals surface area (Å²) in [6.07, 6.45) is 2.04. The van der Waals surface area contributed by atoms with E-state index in [4.69, 9.17) is 16.3 Å². The number of carbonyl (C=O) groups is 4. The molecule has 1 saturated carbocycles. The first-order valence-electron chi connectivity index (χ1n) is 14.9. The first-order valence-corrected chi connectivity index (χ1v) is 15.3. The van der Waals surface area contributed by atoms with Crippen LogP contribution < -0.4 is 14.5 Å². The number of ether oxygens (including phenoxy) is 1. The normalized spacial score (nSPS) is 28.2. The lowest BCUT2D eigenvalue weighted by atomic mass is 9.51. The minimum atomic E-state index is -1.46. The molecule has 1 N–H and O–H groups in total. The van der Waals surface area contributed by atoms with Gasteiger partial charge in [0.25, 0.3) is 5.69 Å². The van der Waals surface area contributed by atoms with Gasteiger partial charge in [0.15, 0.2) is 11.5 Å². The van der Waals surface area contributed by atoms with Crippen molar-refractivity contribution in [2.45, 2.75) is 25.7 Å². The summed E-state index contributed by atoms with van der Waals surface area (Å²) in [6.45, 7) is 1.65. The van der Waals surface area contributed by atoms with E-state index in [9.17, 15) is 38.8 Å². The molecular weight excluding hydrogens is 633 g/mol. The van der Waals surface area contributed by atoms with Crippen LogP contribution in [0.25, 0.3) is 0 Å². The van der Waals surface area contributed by atoms with E-state index in [2.05, 4.69) is 0 Å². The lowest BCUT2D eigenvalue weighted by molar-refractivity contribution is -0.384. The molecule has 4 amide bonds. The van der Waals surface area contributed by atoms with Gasteiger partial charge >= 0.3 is 0 Å². The van der Waals surface area contributed by atoms with Crippen LogP contribution in [-0.2, 0) is 19.2 Å². The number of carbonyl (C=O) groups excluding carboxylic acids is 4. The number of para-hydroxylation sites is 1. The second-order valence-corrected chi connectivity index (χ2v) is 12.9. The predicted molar refractivity (Wildman–Crippen MR) is 166 cm³/mol. The van der Waals surface area contributed by atoms with Gasteiger partial charge in [0, 0.05) is 23.6 Å². The van der Waals surface area contributed by atoms with Gasteiger partial charge in [0.1, 0.15) is 5.82 Å². The zero-order chi connectivity index (χ0) is 33.5. The van der Waals surface area contributed by atoms with Crippen molar-refractivity contribution >= 4 is 52.3 Å². The minimum Gasteiger partial charge on any atom is -0.504 e. The molecule has 0 spiro atoms. The number of allylic oxidation sites excluding steroid dienone is 2. The third kappa shape index (κ3) is 4.23. The largest absolute Gasteiger partial charge is 0.504 e. The van der Waals surface area contributed by atoms with Crippen LogP contribution in [0.1, 0.15) is 31.2 Å². The number of phenolic OH excluding ortho intramolecular Hbond substituents is 1. The van der Waals surface area contributed by atoms with Crippen LogP contribution in [0, 0.1) is 45.0 Å². The van der Waals surface area contributed by atoms with Crippen molar-refractivity contribution in [3.05, 3.63) is 98.8 Å². The molecule has 0 unspecified atom stereocenters. The molecule has 47 heavy (non-hydrogen) atoms. The number of nitro benzene ring substituents is 1. The van der Waals surface area contributed by atoms with E-state index in [-0.39, 0.29) is 46.4 Å². The van der Waals surface area contributed by atoms with Crippen molar-refractivity contribution in [2.24, 2.45) is 29.1 Å². The number of rotatable bonds is 5. The zero-order valence-electron chi connectivity index (χ0n) is 25.1. The van der Waals surface area contributed by atoms with Crippen LogP contribution >= 0.6 is 11.6 Å². The first-order chi connectivity index (χ1) is 22.4. The molecule has 0 bridgehead atoms. The highest BCUT2D eigenvalue weighted by atomic mass is 35.5. The number of nitrogens with zero attached hydrogens (tertiary/aromatic N) is 3. The Morgan fingerprint density at radius 3 is 2.34 bits per heavy atom. The maximum Gasteiger partial charge on any atom is 0.269 e. The van der Waals surface area contributed by atoms with Crippen molar-refractivity contribution in [2.75, 3.05) is 16.9 Å². The lowest BCUT2D eigenvalue weighted by Crippen LogP contribution is -2.48. The lowest BCUT2D eigenvalue weighted by Gasteiger charge is -2.49. The van der Waals surface area contributed by atoms with Gasteiger partial charge in [-0.1, -0.05) is 35.4 Å². The molecule has 11 nitrogen and oxygen atoms in total. The fourth-order valence-electron chi connectivity index (χ4n) is 8.14. The van der Waals surface area contributed by atoms with E-state index in [0.29, 0.717) is 11.1 Å². The van der Waals surface area contributed by atoms with Crippen LogP contribution in [0.15, 0.2) is 72.3 Å². The van der Waals surface area contributed by atoms with Gasteiger partial charge in [-0.2, -0.15) is 0 Å². The Morgan fingerprint density at radius 2 is 1.68 bits per heavy atom. The molecule has 2 heterocycles. The number of amides is 4. The summed E-state index contributed by atoms with van der Waals surface area (Å²) >= 11 is 6.04. The maximum atomic E-state index is 14.5. The summed E-state index contributed by atoms with van der Waals surface area (Å²) in [6, 6.07) is 13.5. The first kappa shape index (κ1) is 30.5. The quantitative estimate of drug-likeness (QED) is 0.163. The maximum absolute atomic E-state index is 14.5. The molecule has 3 fully saturated rings. The van der Waals surface area contributed by atoms with Crippen LogP contribution in [0.5, 0.6) is 11.5 Å². The molecule has 3 aromatic carbocycles. The Labute approximate surface area is 272 Å². The standard InChI is InChI=1S/C34H27ClFN3O8/c1-34-23(31(42)38(33(34)44)18-10-13-25(36)24(35)14-18)15-22-19(28(34)21-4-3-5-26(47-2)29(21)40)11-12-20-27(22)32(43)37(30(20)41)16-6-8-17(9-7-16)39(45)46/h3-11,13-14,20,22-23,27-28,40H,12,15H2,1-2H3/t20-,22+,23-,27-,28+,34+/m0/s1. The number of benzene rings is 3. The van der Waals surface area contributed by atoms with Crippen LogP contribution in [0.2, 0.25) is 5.02 Å². The number of hydrogen-bond donors (Lipinski definition) is 1. The van der Waals surface area contributed by atoms with Crippen molar-refractivity contribution in [3.63, 3.8) is 0 Å². The van der Waals surface area contributed by atoms with Crippen LogP contribution in [0.3, 0.4) is 0 Å². The van der Waals surface area contributed by atoms with E-state index < -0.39 is 69.4 Å². The molecule has 2 aliphatic carbocycles. The number of aromatic hydroxyl groups is 1. The third-order valence-corrected chi connectivity index (χ3v) is 10.6. The van der Waals surface area contributed by atoms with Gasteiger partial charge in [0.05, 0.1) is 51.6 Å². The van der Waals surface area contributed by atoms with Crippen molar-refractivity contribution in [3.8, 4) is 11.5 Å². The summed E-state index contributed by atoms with van der Waals surface area (Å²) < 4.78 is 19.5. The number of anilines is 2. The van der Waals surface area contributed by atoms with Crippen LogP contribution in [-0.4, -0.2) is 40.8 Å². The number of imide groups is 2. The number of phenols is 1. The topological polar surface area (TPSA) is 147 Å². The molecule has 2 saturated heterocycles. The average Bonchev–Trinajstić information content (AvgIpc) is 3.42. The van der Waals surface area contributed by atoms with Gasteiger partial charge in [-0.05, 0) is 62.1 Å². The van der Waals surface area contributed by atoms with Crippen LogP contribution in [0.4, 0.5) is 21.5 Å². The molecule has 0 aromatic heterocycles. The fraction of sp³-hybridized carbons (Fsp3) is 0.294. The molecule has 3 aromatic rings. The Kier molecular flexibility index (Phi) is 6.97. The molecule has 240 valence electrons. The Balaban J connectivity index is 1.36. The number of hydrogen-bond acceptors (Lipinski definition) is 8. The van der Waals surface area contributed by atoms with Gasteiger partial charge in [0.2, 0.25) is 23.6 Å². The second kappa shape index (κ2) is 10.7. The molecule has 4 aliphatic rings. The van der Waals surface area contributed by atoms with Gasteiger partial charge in [-0.15, -0.1) is 0 Å². The molecular formula is C34H27ClFN3O8. The predicted octanol–water partition coefficient (Wildman–Crippen LogP) is 5.54. The summed E-state index contributed by atoms with van der Waals surface area (Å²) in [7, 11) is 1.39. The molecule has 7 rings (SSSR count). The van der Waals surface area contributed by atoms with Crippen molar-refractivity contribution in [1.29, 1.82) is 0 Å². The minimum absolute atomic E-state index is 0.0495. The van der Waals surface area contributed by atoms with E-state index in [1.54, 1.807) is 25.1 Å². The molecule has 6 atom stereocenters. The summed E-state index contributed by atoms with van der Waals surface area (Å²) in [5.41, 5.74) is -0.424. The highest BCUT2D eigenvalue weighted by Crippen LogP contribution is 2.65. The summed E-state index contributed by atoms with van der Waals surface area (Å²) in [5.74, 6) is -7.16. The van der Waals surface area contributed by atoms with E-state index >= 15 is 0 Å². The third-order valence-electron chi connectivity index (χ3n) is 10.3. The molecule has 0 radical (unpaired) electrons. The second-order valence-electron chi connectivity index (χ2n) is 12.4. The molecule has 13 heteroatoms. The Hall–Kier alpha value is -5.10. The van der Waals surface area contributed by atoms with E-state index in [1.807, 2.05) is 6.08 Å². The average molecular weight is 660 g/mol. The molecule has 2 aliphatic heterocycles. The number of nitro groups is 1. The van der Waals surface area contributed by atoms with E-state index in [1.165, 1.54) is 43.5 Å². The number of halogens is 2. The Morgan fingerprint density at radius 1 is 0.979 bits per heavy atom. The zero-order valence-corrected chi connectivity index (χ0v) is 25.8. The van der Waals surface area contributed by atoms with Gasteiger partial charge in [-0.25, -0.2) is 9.29 Å². The smallest absolute Gasteiger partial charge is 0.269 e. The van der Waals surface area contributed by atoms with Gasteiger partial charge < -0.3 is 9.84 Å². The highest BCUT2D eigenvalue weighted by molar-refractivity contribution is 6.32. The monoisotopic (exact) mass is 659 g/mol. The van der Waals surface area contributed by atoms with Crippen molar-refractivity contribution in [1.82, 2.24) is 0 Å². The van der Waals surface area contributed by atoms with Gasteiger partial charge in [-0.3, -0.25) is 34.2 Å². The van der Waals surface area contributed by atoms with Crippen molar-refractivity contribution < 1.29 is 38.3 Å².